The normalized spacial score (nSPS) is 20.1. The Bertz CT molecular complexity index is 627. The Morgan fingerprint density at radius 3 is 2.55 bits per heavy atom. The van der Waals surface area contributed by atoms with Gasteiger partial charge in [-0.15, -0.1) is 12.4 Å². The summed E-state index contributed by atoms with van der Waals surface area (Å²) in [5, 5.41) is 0. The van der Waals surface area contributed by atoms with Crippen LogP contribution in [-0.4, -0.2) is 16.9 Å². The average Bonchev–Trinajstić information content (AvgIpc) is 3.16. The van der Waals surface area contributed by atoms with Crippen LogP contribution >= 0.6 is 12.4 Å². The van der Waals surface area contributed by atoms with Gasteiger partial charge in [0.2, 0.25) is 5.91 Å². The number of nitrogens with two attached hydrogens (primary N) is 2. The molecule has 1 amide bonds. The topological polar surface area (TPSA) is 82.0 Å². The highest BCUT2D eigenvalue weighted by Crippen LogP contribution is 2.38. The summed E-state index contributed by atoms with van der Waals surface area (Å²) in [6.45, 7) is 0. The number of hydrogen-bond acceptors (Lipinski definition) is 3. The van der Waals surface area contributed by atoms with Crippen LogP contribution in [0.5, 0.6) is 0 Å². The van der Waals surface area contributed by atoms with Crippen molar-refractivity contribution in [3.05, 3.63) is 53.7 Å². The highest BCUT2D eigenvalue weighted by Gasteiger charge is 2.34. The average molecular weight is 290 g/mol. The number of hydrogen-bond donors (Lipinski definition) is 2. The minimum absolute atomic E-state index is 0. The Balaban J connectivity index is 0.00000147. The van der Waals surface area contributed by atoms with Crippen LogP contribution in [-0.2, 0) is 0 Å². The van der Waals surface area contributed by atoms with Crippen molar-refractivity contribution in [3.63, 3.8) is 0 Å². The predicted molar refractivity (Wildman–Crippen MR) is 80.8 cm³/mol. The number of pyridine rings is 1. The van der Waals surface area contributed by atoms with Crippen molar-refractivity contribution >= 4 is 18.3 Å². The SMILES string of the molecule is Cl.NC(=O)c1cccc(-c2ccc([C@H]3C[C@@H]3N)cn2)c1. The van der Waals surface area contributed by atoms with E-state index in [2.05, 4.69) is 11.1 Å². The molecule has 0 unspecified atom stereocenters. The third-order valence-corrected chi connectivity index (χ3v) is 3.50. The molecular weight excluding hydrogens is 274 g/mol. The molecule has 0 bridgehead atoms. The Kier molecular flexibility index (Phi) is 4.06. The number of amides is 1. The van der Waals surface area contributed by atoms with E-state index in [1.165, 1.54) is 5.56 Å². The Labute approximate surface area is 123 Å². The standard InChI is InChI=1S/C15H15N3O.ClH/c16-13-7-12(13)11-4-5-14(18-8-11)9-2-1-3-10(6-9)15(17)19;/h1-6,8,12-13H,7,16H2,(H2,17,19);1H/t12-,13+;/m1./s1. The zero-order chi connectivity index (χ0) is 13.4. The van der Waals surface area contributed by atoms with Crippen LogP contribution in [0, 0.1) is 0 Å². The summed E-state index contributed by atoms with van der Waals surface area (Å²) in [5.74, 6) is 0.0286. The van der Waals surface area contributed by atoms with Crippen LogP contribution in [0.3, 0.4) is 0 Å². The molecule has 2 aromatic rings. The molecule has 3 rings (SSSR count). The number of aromatic nitrogens is 1. The van der Waals surface area contributed by atoms with Gasteiger partial charge in [0, 0.05) is 29.3 Å². The molecule has 0 radical (unpaired) electrons. The lowest BCUT2D eigenvalue weighted by atomic mass is 10.1. The molecule has 1 fully saturated rings. The van der Waals surface area contributed by atoms with Crippen molar-refractivity contribution in [2.75, 3.05) is 0 Å². The number of rotatable bonds is 3. The van der Waals surface area contributed by atoms with Gasteiger partial charge < -0.3 is 11.5 Å². The van der Waals surface area contributed by atoms with Gasteiger partial charge in [-0.2, -0.15) is 0 Å². The molecule has 1 aromatic carbocycles. The second kappa shape index (κ2) is 5.61. The molecule has 1 aliphatic rings. The van der Waals surface area contributed by atoms with Gasteiger partial charge >= 0.3 is 0 Å². The van der Waals surface area contributed by atoms with Gasteiger partial charge in [-0.25, -0.2) is 0 Å². The smallest absolute Gasteiger partial charge is 0.248 e. The maximum atomic E-state index is 11.2. The van der Waals surface area contributed by atoms with Crippen molar-refractivity contribution in [2.24, 2.45) is 11.5 Å². The van der Waals surface area contributed by atoms with Crippen molar-refractivity contribution < 1.29 is 4.79 Å². The summed E-state index contributed by atoms with van der Waals surface area (Å²) < 4.78 is 0. The van der Waals surface area contributed by atoms with Gasteiger partial charge in [-0.3, -0.25) is 9.78 Å². The van der Waals surface area contributed by atoms with Crippen LogP contribution in [0.2, 0.25) is 0 Å². The van der Waals surface area contributed by atoms with Crippen LogP contribution in [0.15, 0.2) is 42.6 Å². The molecule has 1 aliphatic carbocycles. The molecule has 4 nitrogen and oxygen atoms in total. The summed E-state index contributed by atoms with van der Waals surface area (Å²) in [7, 11) is 0. The van der Waals surface area contributed by atoms with Crippen LogP contribution in [0.25, 0.3) is 11.3 Å². The number of nitrogens with zero attached hydrogens (tertiary/aromatic N) is 1. The third kappa shape index (κ3) is 2.81. The maximum Gasteiger partial charge on any atom is 0.248 e. The summed E-state index contributed by atoms with van der Waals surface area (Å²) >= 11 is 0. The highest BCUT2D eigenvalue weighted by molar-refractivity contribution is 5.93. The molecule has 1 aromatic heterocycles. The maximum absolute atomic E-state index is 11.2. The number of halogens is 1. The lowest BCUT2D eigenvalue weighted by Crippen LogP contribution is -2.10. The van der Waals surface area contributed by atoms with E-state index in [9.17, 15) is 4.79 Å². The first-order chi connectivity index (χ1) is 9.15. The van der Waals surface area contributed by atoms with E-state index in [0.717, 1.165) is 17.7 Å². The molecule has 4 N–H and O–H groups in total. The second-order valence-corrected chi connectivity index (χ2v) is 4.93. The summed E-state index contributed by atoms with van der Waals surface area (Å²) in [5.41, 5.74) is 14.5. The van der Waals surface area contributed by atoms with Gasteiger partial charge in [-0.05, 0) is 30.2 Å². The van der Waals surface area contributed by atoms with Crippen molar-refractivity contribution in [1.29, 1.82) is 0 Å². The Morgan fingerprint density at radius 2 is 2.00 bits per heavy atom. The molecule has 20 heavy (non-hydrogen) atoms. The fourth-order valence-corrected chi connectivity index (χ4v) is 2.23. The Hall–Kier alpha value is -1.91. The van der Waals surface area contributed by atoms with E-state index in [1.54, 1.807) is 12.1 Å². The molecule has 1 saturated carbocycles. The van der Waals surface area contributed by atoms with Crippen LogP contribution < -0.4 is 11.5 Å². The first-order valence-corrected chi connectivity index (χ1v) is 6.27. The van der Waals surface area contributed by atoms with Crippen molar-refractivity contribution in [3.8, 4) is 11.3 Å². The summed E-state index contributed by atoms with van der Waals surface area (Å²) in [4.78, 5) is 15.6. The molecule has 0 saturated heterocycles. The minimum atomic E-state index is -0.428. The summed E-state index contributed by atoms with van der Waals surface area (Å²) in [6, 6.07) is 11.5. The van der Waals surface area contributed by atoms with Crippen LogP contribution in [0.4, 0.5) is 0 Å². The van der Waals surface area contributed by atoms with E-state index in [0.29, 0.717) is 11.5 Å². The molecule has 0 spiro atoms. The van der Waals surface area contributed by atoms with E-state index in [-0.39, 0.29) is 18.4 Å². The quantitative estimate of drug-likeness (QED) is 0.907. The molecule has 1 heterocycles. The van der Waals surface area contributed by atoms with Crippen LogP contribution in [0.1, 0.15) is 28.3 Å². The third-order valence-electron chi connectivity index (χ3n) is 3.50. The monoisotopic (exact) mass is 289 g/mol. The summed E-state index contributed by atoms with van der Waals surface area (Å²) in [6.07, 6.45) is 2.90. The minimum Gasteiger partial charge on any atom is -0.366 e. The number of benzene rings is 1. The molecule has 104 valence electrons. The van der Waals surface area contributed by atoms with E-state index >= 15 is 0 Å². The lowest BCUT2D eigenvalue weighted by Gasteiger charge is -2.04. The molecule has 0 aliphatic heterocycles. The number of carbonyl (C=O) groups excluding carboxylic acids is 1. The van der Waals surface area contributed by atoms with E-state index < -0.39 is 5.91 Å². The van der Waals surface area contributed by atoms with Gasteiger partial charge in [0.25, 0.3) is 0 Å². The largest absolute Gasteiger partial charge is 0.366 e. The molecule has 5 heteroatoms. The zero-order valence-electron chi connectivity index (χ0n) is 10.8. The van der Waals surface area contributed by atoms with Gasteiger partial charge in [0.15, 0.2) is 0 Å². The van der Waals surface area contributed by atoms with Crippen molar-refractivity contribution in [2.45, 2.75) is 18.4 Å². The van der Waals surface area contributed by atoms with Gasteiger partial charge in [0.05, 0.1) is 5.69 Å². The molecule has 2 atom stereocenters. The predicted octanol–water partition coefficient (Wildman–Crippen LogP) is 2.08. The van der Waals surface area contributed by atoms with Gasteiger partial charge in [-0.1, -0.05) is 18.2 Å². The zero-order valence-corrected chi connectivity index (χ0v) is 11.6. The number of primary amides is 1. The van der Waals surface area contributed by atoms with Crippen molar-refractivity contribution in [1.82, 2.24) is 4.98 Å². The lowest BCUT2D eigenvalue weighted by molar-refractivity contribution is 0.100. The fourth-order valence-electron chi connectivity index (χ4n) is 2.23. The second-order valence-electron chi connectivity index (χ2n) is 4.93. The van der Waals surface area contributed by atoms with Gasteiger partial charge in [0.1, 0.15) is 0 Å². The highest BCUT2D eigenvalue weighted by atomic mass is 35.5. The Morgan fingerprint density at radius 1 is 1.25 bits per heavy atom. The number of carbonyl (C=O) groups is 1. The first-order valence-electron chi connectivity index (χ1n) is 6.27. The first kappa shape index (κ1) is 14.5. The van der Waals surface area contributed by atoms with E-state index in [4.69, 9.17) is 11.5 Å². The van der Waals surface area contributed by atoms with E-state index in [1.807, 2.05) is 24.4 Å². The molecular formula is C15H16ClN3O. The fraction of sp³-hybridized carbons (Fsp3) is 0.200.